The van der Waals surface area contributed by atoms with Gasteiger partial charge in [-0.25, -0.2) is 9.97 Å². The zero-order chi connectivity index (χ0) is 8.84. The first-order valence-corrected chi connectivity index (χ1v) is 4.91. The minimum atomic E-state index is -0.160. The number of thioether (sulfide) groups is 1. The molecule has 3 heterocycles. The number of imidazole rings is 1. The quantitative estimate of drug-likeness (QED) is 0.652. The molecule has 5 nitrogen and oxygen atoms in total. The van der Waals surface area contributed by atoms with Crippen LogP contribution in [0, 0.1) is 0 Å². The lowest BCUT2D eigenvalue weighted by Crippen LogP contribution is -2.07. The molecule has 13 heavy (non-hydrogen) atoms. The van der Waals surface area contributed by atoms with Gasteiger partial charge in [-0.2, -0.15) is 0 Å². The summed E-state index contributed by atoms with van der Waals surface area (Å²) in [5, 5.41) is 0.902. The molecule has 1 aliphatic rings. The Hall–Kier alpha value is -1.30. The summed E-state index contributed by atoms with van der Waals surface area (Å²) in [5.74, 6) is 1.02. The van der Waals surface area contributed by atoms with Gasteiger partial charge >= 0.3 is 0 Å². The number of nitrogens with zero attached hydrogens (tertiary/aromatic N) is 3. The van der Waals surface area contributed by atoms with E-state index in [0.29, 0.717) is 11.2 Å². The number of nitrogens with one attached hydrogen (secondary N) is 1. The van der Waals surface area contributed by atoms with E-state index in [9.17, 15) is 4.79 Å². The molecule has 0 atom stereocenters. The highest BCUT2D eigenvalue weighted by atomic mass is 32.2. The van der Waals surface area contributed by atoms with Gasteiger partial charge in [0.05, 0.1) is 6.33 Å². The summed E-state index contributed by atoms with van der Waals surface area (Å²) in [6.45, 7) is 0.896. The van der Waals surface area contributed by atoms with Gasteiger partial charge in [-0.1, -0.05) is 11.8 Å². The van der Waals surface area contributed by atoms with Crippen LogP contribution in [-0.4, -0.2) is 25.3 Å². The fourth-order valence-electron chi connectivity index (χ4n) is 1.47. The van der Waals surface area contributed by atoms with Crippen molar-refractivity contribution in [2.24, 2.45) is 0 Å². The molecule has 66 valence electrons. The molecule has 3 rings (SSSR count). The van der Waals surface area contributed by atoms with Crippen LogP contribution in [0.4, 0.5) is 0 Å². The number of hydrogen-bond donors (Lipinski definition) is 1. The predicted molar refractivity (Wildman–Crippen MR) is 48.9 cm³/mol. The Morgan fingerprint density at radius 2 is 2.54 bits per heavy atom. The Bertz CT molecular complexity index is 529. The smallest absolute Gasteiger partial charge is 0.278 e. The average Bonchev–Trinajstić information content (AvgIpc) is 2.65. The molecule has 1 N–H and O–H groups in total. The molecule has 0 aromatic carbocycles. The van der Waals surface area contributed by atoms with Crippen molar-refractivity contribution in [1.82, 2.24) is 19.5 Å². The highest BCUT2D eigenvalue weighted by Crippen LogP contribution is 2.26. The van der Waals surface area contributed by atoms with Gasteiger partial charge in [0.1, 0.15) is 0 Å². The Kier molecular flexibility index (Phi) is 1.29. The largest absolute Gasteiger partial charge is 0.311 e. The second-order valence-electron chi connectivity index (χ2n) is 2.80. The molecule has 0 fully saturated rings. The Morgan fingerprint density at radius 1 is 1.62 bits per heavy atom. The third kappa shape index (κ3) is 0.859. The van der Waals surface area contributed by atoms with Crippen LogP contribution >= 0.6 is 11.8 Å². The molecule has 0 unspecified atom stereocenters. The van der Waals surface area contributed by atoms with Gasteiger partial charge in [0.25, 0.3) is 5.56 Å². The van der Waals surface area contributed by atoms with Crippen LogP contribution < -0.4 is 5.56 Å². The van der Waals surface area contributed by atoms with Crippen molar-refractivity contribution >= 4 is 22.9 Å². The Balaban J connectivity index is 2.51. The number of aryl methyl sites for hydroxylation is 1. The van der Waals surface area contributed by atoms with E-state index in [0.717, 1.165) is 17.5 Å². The summed E-state index contributed by atoms with van der Waals surface area (Å²) in [6.07, 6.45) is 1.42. The van der Waals surface area contributed by atoms with Crippen LogP contribution in [0.2, 0.25) is 0 Å². The van der Waals surface area contributed by atoms with E-state index in [-0.39, 0.29) is 5.56 Å². The van der Waals surface area contributed by atoms with Gasteiger partial charge in [-0.15, -0.1) is 0 Å². The summed E-state index contributed by atoms with van der Waals surface area (Å²) < 4.78 is 1.98. The molecule has 1 aliphatic heterocycles. The van der Waals surface area contributed by atoms with Crippen molar-refractivity contribution in [3.8, 4) is 0 Å². The fourth-order valence-corrected chi connectivity index (χ4v) is 2.41. The molecule has 0 amide bonds. The van der Waals surface area contributed by atoms with Crippen LogP contribution in [-0.2, 0) is 6.54 Å². The Labute approximate surface area is 77.2 Å². The lowest BCUT2D eigenvalue weighted by molar-refractivity contribution is 0.735. The molecule has 0 aliphatic carbocycles. The molecule has 2 aromatic heterocycles. The van der Waals surface area contributed by atoms with Crippen molar-refractivity contribution < 1.29 is 0 Å². The molecule has 0 bridgehead atoms. The maximum absolute atomic E-state index is 11.3. The summed E-state index contributed by atoms with van der Waals surface area (Å²) in [5.41, 5.74) is 0.987. The van der Waals surface area contributed by atoms with Crippen molar-refractivity contribution in [3.05, 3.63) is 16.7 Å². The number of hydrogen-bond acceptors (Lipinski definition) is 4. The van der Waals surface area contributed by atoms with Crippen molar-refractivity contribution in [2.75, 3.05) is 5.75 Å². The SMILES string of the molecule is O=c1[nH]cnc2c1nc1n2CCS1. The van der Waals surface area contributed by atoms with E-state index in [1.165, 1.54) is 6.33 Å². The number of aromatic nitrogens is 4. The highest BCUT2D eigenvalue weighted by Gasteiger charge is 2.18. The molecular formula is C7H6N4OS. The number of rotatable bonds is 0. The van der Waals surface area contributed by atoms with E-state index in [1.54, 1.807) is 11.8 Å². The molecule has 0 radical (unpaired) electrons. The topological polar surface area (TPSA) is 63.6 Å². The number of fused-ring (bicyclic) bond motifs is 3. The van der Waals surface area contributed by atoms with Crippen LogP contribution in [0.5, 0.6) is 0 Å². The van der Waals surface area contributed by atoms with Crippen molar-refractivity contribution in [1.29, 1.82) is 0 Å². The van der Waals surface area contributed by atoms with Gasteiger partial charge in [-0.05, 0) is 0 Å². The van der Waals surface area contributed by atoms with E-state index < -0.39 is 0 Å². The van der Waals surface area contributed by atoms with Gasteiger partial charge in [0.2, 0.25) is 0 Å². The zero-order valence-electron chi connectivity index (χ0n) is 6.65. The van der Waals surface area contributed by atoms with Crippen molar-refractivity contribution in [3.63, 3.8) is 0 Å². The second kappa shape index (κ2) is 2.35. The highest BCUT2D eigenvalue weighted by molar-refractivity contribution is 7.99. The summed E-state index contributed by atoms with van der Waals surface area (Å²) >= 11 is 1.66. The lowest BCUT2D eigenvalue weighted by atomic mass is 10.5. The average molecular weight is 194 g/mol. The van der Waals surface area contributed by atoms with Gasteiger partial charge in [0, 0.05) is 12.3 Å². The first-order valence-electron chi connectivity index (χ1n) is 3.93. The molecule has 2 aromatic rings. The molecular weight excluding hydrogens is 188 g/mol. The van der Waals surface area contributed by atoms with Gasteiger partial charge in [-0.3, -0.25) is 4.79 Å². The standard InChI is InChI=1S/C7H6N4OS/c12-6-4-5(8-3-9-6)11-1-2-13-7(11)10-4/h3H,1-2H2,(H,8,9,12). The first kappa shape index (κ1) is 7.14. The van der Waals surface area contributed by atoms with E-state index in [4.69, 9.17) is 0 Å². The fraction of sp³-hybridized carbons (Fsp3) is 0.286. The maximum atomic E-state index is 11.3. The monoisotopic (exact) mass is 194 g/mol. The molecule has 6 heteroatoms. The molecule has 0 saturated heterocycles. The van der Waals surface area contributed by atoms with Crippen LogP contribution in [0.15, 0.2) is 16.3 Å². The van der Waals surface area contributed by atoms with Gasteiger partial charge < -0.3 is 9.55 Å². The van der Waals surface area contributed by atoms with E-state index >= 15 is 0 Å². The van der Waals surface area contributed by atoms with Crippen LogP contribution in [0.3, 0.4) is 0 Å². The second-order valence-corrected chi connectivity index (χ2v) is 3.86. The summed E-state index contributed by atoms with van der Waals surface area (Å²) in [4.78, 5) is 22.1. The third-order valence-electron chi connectivity index (χ3n) is 2.05. The molecule has 0 saturated carbocycles. The first-order chi connectivity index (χ1) is 6.36. The third-order valence-corrected chi connectivity index (χ3v) is 3.01. The predicted octanol–water partition coefficient (Wildman–Crippen LogP) is 0.225. The number of aromatic amines is 1. The van der Waals surface area contributed by atoms with Gasteiger partial charge in [0.15, 0.2) is 16.3 Å². The van der Waals surface area contributed by atoms with E-state index in [1.807, 2.05) is 4.57 Å². The van der Waals surface area contributed by atoms with Crippen molar-refractivity contribution in [2.45, 2.75) is 11.7 Å². The zero-order valence-corrected chi connectivity index (χ0v) is 7.47. The van der Waals surface area contributed by atoms with E-state index in [2.05, 4.69) is 15.0 Å². The summed E-state index contributed by atoms with van der Waals surface area (Å²) in [6, 6.07) is 0. The van der Waals surface area contributed by atoms with Crippen LogP contribution in [0.25, 0.3) is 11.2 Å². The minimum absolute atomic E-state index is 0.160. The Morgan fingerprint density at radius 3 is 3.46 bits per heavy atom. The normalized spacial score (nSPS) is 15.1. The number of H-pyrrole nitrogens is 1. The molecule has 0 spiro atoms. The minimum Gasteiger partial charge on any atom is -0.311 e. The van der Waals surface area contributed by atoms with Crippen LogP contribution in [0.1, 0.15) is 0 Å². The maximum Gasteiger partial charge on any atom is 0.278 e. The summed E-state index contributed by atoms with van der Waals surface area (Å²) in [7, 11) is 0. The lowest BCUT2D eigenvalue weighted by Gasteiger charge is -1.93.